The first kappa shape index (κ1) is 11.2. The van der Waals surface area contributed by atoms with Gasteiger partial charge in [0.2, 0.25) is 0 Å². The van der Waals surface area contributed by atoms with Crippen LogP contribution in [0.5, 0.6) is 0 Å². The summed E-state index contributed by atoms with van der Waals surface area (Å²) in [6.07, 6.45) is 5.12. The van der Waals surface area contributed by atoms with Crippen LogP contribution in [-0.2, 0) is 0 Å². The van der Waals surface area contributed by atoms with Gasteiger partial charge >= 0.3 is 0 Å². The van der Waals surface area contributed by atoms with Crippen molar-refractivity contribution in [3.8, 4) is 0 Å². The topological polar surface area (TPSA) is 53.7 Å². The number of nitrogens with zero attached hydrogens (tertiary/aromatic N) is 1. The molecule has 0 spiro atoms. The van der Waals surface area contributed by atoms with Crippen LogP contribution in [0.2, 0.25) is 0 Å². The van der Waals surface area contributed by atoms with Crippen LogP contribution in [0.3, 0.4) is 0 Å². The van der Waals surface area contributed by atoms with Gasteiger partial charge in [0.25, 0.3) is 0 Å². The van der Waals surface area contributed by atoms with Crippen LogP contribution in [0.4, 0.5) is 5.88 Å². The van der Waals surface area contributed by atoms with Crippen molar-refractivity contribution in [2.24, 2.45) is 0 Å². The van der Waals surface area contributed by atoms with Gasteiger partial charge in [-0.2, -0.15) is 0 Å². The Hall–Kier alpha value is -1.29. The summed E-state index contributed by atoms with van der Waals surface area (Å²) in [6.45, 7) is 1.02. The smallest absolute Gasteiger partial charge is 0.196 e. The quantitative estimate of drug-likeness (QED) is 0.794. The highest BCUT2D eigenvalue weighted by molar-refractivity contribution is 5.71. The predicted octanol–water partition coefficient (Wildman–Crippen LogP) is 1.83. The summed E-state index contributed by atoms with van der Waals surface area (Å²) < 4.78 is 5.41. The van der Waals surface area contributed by atoms with Crippen LogP contribution in [0.15, 0.2) is 16.5 Å². The second-order valence-electron chi connectivity index (χ2n) is 4.17. The van der Waals surface area contributed by atoms with Crippen LogP contribution in [0.1, 0.15) is 36.2 Å². The molecule has 0 saturated carbocycles. The lowest BCUT2D eigenvalue weighted by atomic mass is 10.1. The van der Waals surface area contributed by atoms with Gasteiger partial charge in [-0.15, -0.1) is 0 Å². The maximum Gasteiger partial charge on any atom is 0.196 e. The summed E-state index contributed by atoms with van der Waals surface area (Å²) >= 11 is 0. The molecular weight excluding hydrogens is 206 g/mol. The molecule has 1 aliphatic rings. The molecule has 1 aromatic rings. The molecule has 1 N–H and O–H groups in total. The fourth-order valence-electron chi connectivity index (χ4n) is 2.22. The maximum absolute atomic E-state index is 10.6. The Morgan fingerprint density at radius 1 is 1.44 bits per heavy atom. The van der Waals surface area contributed by atoms with Gasteiger partial charge < -0.3 is 14.4 Å². The Bertz CT molecular complexity index is 348. The van der Waals surface area contributed by atoms with E-state index in [9.17, 15) is 9.90 Å². The lowest BCUT2D eigenvalue weighted by Gasteiger charge is -2.27. The second-order valence-corrected chi connectivity index (χ2v) is 4.17. The highest BCUT2D eigenvalue weighted by Gasteiger charge is 2.22. The molecule has 88 valence electrons. The van der Waals surface area contributed by atoms with Crippen LogP contribution < -0.4 is 4.90 Å². The fraction of sp³-hybridized carbons (Fsp3) is 0.583. The average molecular weight is 223 g/mol. The number of carbonyl (C=O) groups excluding carboxylic acids is 1. The van der Waals surface area contributed by atoms with E-state index in [4.69, 9.17) is 4.42 Å². The molecule has 0 aromatic carbocycles. The van der Waals surface area contributed by atoms with Gasteiger partial charge in [-0.25, -0.2) is 0 Å². The zero-order valence-electron chi connectivity index (χ0n) is 9.26. The van der Waals surface area contributed by atoms with Crippen molar-refractivity contribution in [1.29, 1.82) is 0 Å². The number of furan rings is 1. The standard InChI is InChI=1S/C12H17NO3/c14-8-10-4-2-1-3-7-13(10)12-6-5-11(9-15)16-12/h5-6,9-10,14H,1-4,7-8H2. The fourth-order valence-corrected chi connectivity index (χ4v) is 2.22. The molecular formula is C12H17NO3. The summed E-state index contributed by atoms with van der Waals surface area (Å²) in [6, 6.07) is 3.59. The molecule has 1 aromatic heterocycles. The van der Waals surface area contributed by atoms with E-state index in [-0.39, 0.29) is 12.6 Å². The number of rotatable bonds is 3. The number of aldehydes is 1. The first-order valence-corrected chi connectivity index (χ1v) is 5.77. The van der Waals surface area contributed by atoms with Crippen molar-refractivity contribution in [2.75, 3.05) is 18.1 Å². The zero-order chi connectivity index (χ0) is 11.4. The van der Waals surface area contributed by atoms with Crippen molar-refractivity contribution in [2.45, 2.75) is 31.7 Å². The minimum absolute atomic E-state index is 0.119. The Morgan fingerprint density at radius 3 is 3.00 bits per heavy atom. The number of carbonyl (C=O) groups is 1. The lowest BCUT2D eigenvalue weighted by molar-refractivity contribution is 0.110. The third-order valence-electron chi connectivity index (χ3n) is 3.10. The second kappa shape index (κ2) is 5.16. The van der Waals surface area contributed by atoms with Gasteiger partial charge in [-0.05, 0) is 18.9 Å². The molecule has 0 aliphatic carbocycles. The summed E-state index contributed by atoms with van der Waals surface area (Å²) in [5.74, 6) is 1.04. The molecule has 1 atom stereocenters. The monoisotopic (exact) mass is 223 g/mol. The van der Waals surface area contributed by atoms with E-state index in [2.05, 4.69) is 4.90 Å². The molecule has 1 aliphatic heterocycles. The Balaban J connectivity index is 2.17. The van der Waals surface area contributed by atoms with Gasteiger partial charge in [-0.1, -0.05) is 12.8 Å². The SMILES string of the molecule is O=Cc1ccc(N2CCCCCC2CO)o1. The van der Waals surface area contributed by atoms with Gasteiger partial charge in [0, 0.05) is 12.6 Å². The third-order valence-corrected chi connectivity index (χ3v) is 3.10. The summed E-state index contributed by atoms with van der Waals surface area (Å²) in [5.41, 5.74) is 0. The van der Waals surface area contributed by atoms with Crippen molar-refractivity contribution in [1.82, 2.24) is 0 Å². The molecule has 2 heterocycles. The summed E-state index contributed by atoms with van der Waals surface area (Å²) in [7, 11) is 0. The molecule has 1 unspecified atom stereocenters. The van der Waals surface area contributed by atoms with Crippen LogP contribution in [-0.4, -0.2) is 30.6 Å². The van der Waals surface area contributed by atoms with Crippen LogP contribution >= 0.6 is 0 Å². The number of aliphatic hydroxyl groups excluding tert-OH is 1. The Morgan fingerprint density at radius 2 is 2.31 bits per heavy atom. The molecule has 0 amide bonds. The number of hydrogen-bond acceptors (Lipinski definition) is 4. The average Bonchev–Trinajstić information content (AvgIpc) is 2.66. The van der Waals surface area contributed by atoms with Gasteiger partial charge in [0.05, 0.1) is 12.6 Å². The Kier molecular flexibility index (Phi) is 3.62. The number of hydrogen-bond donors (Lipinski definition) is 1. The summed E-state index contributed by atoms with van der Waals surface area (Å²) in [4.78, 5) is 12.6. The largest absolute Gasteiger partial charge is 0.438 e. The third kappa shape index (κ3) is 2.27. The normalized spacial score (nSPS) is 21.8. The van der Waals surface area contributed by atoms with E-state index in [1.54, 1.807) is 12.1 Å². The van der Waals surface area contributed by atoms with E-state index in [1.165, 1.54) is 6.42 Å². The minimum atomic E-state index is 0.119. The number of anilines is 1. The van der Waals surface area contributed by atoms with Gasteiger partial charge in [0.15, 0.2) is 17.9 Å². The van der Waals surface area contributed by atoms with Crippen molar-refractivity contribution >= 4 is 12.2 Å². The maximum atomic E-state index is 10.6. The predicted molar refractivity (Wildman–Crippen MR) is 60.8 cm³/mol. The van der Waals surface area contributed by atoms with Crippen molar-refractivity contribution in [3.05, 3.63) is 17.9 Å². The first-order chi connectivity index (χ1) is 7.85. The lowest BCUT2D eigenvalue weighted by Crippen LogP contribution is -2.37. The molecule has 1 saturated heterocycles. The highest BCUT2D eigenvalue weighted by Crippen LogP contribution is 2.25. The first-order valence-electron chi connectivity index (χ1n) is 5.77. The van der Waals surface area contributed by atoms with Crippen LogP contribution in [0.25, 0.3) is 0 Å². The zero-order valence-corrected chi connectivity index (χ0v) is 9.26. The van der Waals surface area contributed by atoms with Gasteiger partial charge in [-0.3, -0.25) is 4.79 Å². The molecule has 4 nitrogen and oxygen atoms in total. The van der Waals surface area contributed by atoms with E-state index in [1.807, 2.05) is 0 Å². The summed E-state index contributed by atoms with van der Waals surface area (Å²) in [5, 5.41) is 9.36. The molecule has 4 heteroatoms. The van der Waals surface area contributed by atoms with E-state index in [0.29, 0.717) is 17.9 Å². The number of aliphatic hydroxyl groups is 1. The van der Waals surface area contributed by atoms with E-state index >= 15 is 0 Å². The molecule has 0 radical (unpaired) electrons. The Labute approximate surface area is 94.9 Å². The van der Waals surface area contributed by atoms with Crippen molar-refractivity contribution < 1.29 is 14.3 Å². The minimum Gasteiger partial charge on any atom is -0.438 e. The van der Waals surface area contributed by atoms with Gasteiger partial charge in [0.1, 0.15) is 0 Å². The molecule has 1 fully saturated rings. The molecule has 16 heavy (non-hydrogen) atoms. The highest BCUT2D eigenvalue weighted by atomic mass is 16.4. The van der Waals surface area contributed by atoms with E-state index < -0.39 is 0 Å². The van der Waals surface area contributed by atoms with Crippen molar-refractivity contribution in [3.63, 3.8) is 0 Å². The van der Waals surface area contributed by atoms with E-state index in [0.717, 1.165) is 25.8 Å². The molecule has 2 rings (SSSR count). The molecule has 0 bridgehead atoms. The van der Waals surface area contributed by atoms with Crippen LogP contribution in [0, 0.1) is 0 Å².